The number of anilines is 2. The Morgan fingerprint density at radius 1 is 1.22 bits per heavy atom. The summed E-state index contributed by atoms with van der Waals surface area (Å²) in [4.78, 5) is 8.60. The predicted octanol–water partition coefficient (Wildman–Crippen LogP) is 1.56. The molecule has 1 saturated heterocycles. The van der Waals surface area contributed by atoms with Crippen LogP contribution in [0.3, 0.4) is 0 Å². The molecule has 1 aliphatic rings. The smallest absolute Gasteiger partial charge is 0.247 e. The van der Waals surface area contributed by atoms with E-state index in [0.717, 1.165) is 26.2 Å². The molecule has 0 amide bonds. The van der Waals surface area contributed by atoms with E-state index in [-0.39, 0.29) is 5.82 Å². The fourth-order valence-electron chi connectivity index (χ4n) is 3.02. The molecule has 3 N–H and O–H groups in total. The van der Waals surface area contributed by atoms with Crippen molar-refractivity contribution in [2.24, 2.45) is 0 Å². The number of β-amino-alcohol motifs (C(OH)–C–C–N with tert-alkyl or cyclic N) is 1. The molecule has 3 rings (SSSR count). The molecule has 2 aromatic rings. The van der Waals surface area contributed by atoms with E-state index < -0.39 is 6.10 Å². The van der Waals surface area contributed by atoms with Gasteiger partial charge >= 0.3 is 0 Å². The molecule has 8 nitrogen and oxygen atoms in total. The van der Waals surface area contributed by atoms with Crippen molar-refractivity contribution in [3.63, 3.8) is 0 Å². The third-order valence-corrected chi connectivity index (χ3v) is 5.21. The first-order valence-corrected chi connectivity index (χ1v) is 9.34. The summed E-state index contributed by atoms with van der Waals surface area (Å²) in [6.45, 7) is 3.92. The summed E-state index contributed by atoms with van der Waals surface area (Å²) in [5.41, 5.74) is 7.12. The molecule has 1 fully saturated rings. The number of piperazine rings is 1. The molecule has 0 bridgehead atoms. The number of aromatic nitrogens is 3. The lowest BCUT2D eigenvalue weighted by Gasteiger charge is -2.35. The van der Waals surface area contributed by atoms with Crippen LogP contribution in [-0.2, 0) is 4.74 Å². The van der Waals surface area contributed by atoms with Crippen LogP contribution in [0.1, 0.15) is 0 Å². The largest absolute Gasteiger partial charge is 0.389 e. The topological polar surface area (TPSA) is 101 Å². The molecule has 1 aliphatic heterocycles. The average Bonchev–Trinajstić information content (AvgIpc) is 2.65. The Bertz CT molecular complexity index is 786. The Labute approximate surface area is 167 Å². The molecule has 1 aromatic carbocycles. The Morgan fingerprint density at radius 3 is 2.63 bits per heavy atom. The highest BCUT2D eigenvalue weighted by atomic mass is 35.5. The van der Waals surface area contributed by atoms with Crippen LogP contribution in [0.4, 0.5) is 11.8 Å². The Morgan fingerprint density at radius 2 is 1.96 bits per heavy atom. The van der Waals surface area contributed by atoms with Crippen molar-refractivity contribution >= 4 is 35.0 Å². The normalized spacial score (nSPS) is 16.5. The summed E-state index contributed by atoms with van der Waals surface area (Å²) < 4.78 is 4.97. The lowest BCUT2D eigenvalue weighted by Crippen LogP contribution is -2.49. The van der Waals surface area contributed by atoms with Crippen molar-refractivity contribution in [2.45, 2.75) is 6.10 Å². The van der Waals surface area contributed by atoms with E-state index >= 15 is 0 Å². The average molecular weight is 413 g/mol. The van der Waals surface area contributed by atoms with E-state index in [1.54, 1.807) is 25.3 Å². The standard InChI is InChI=1S/C17H22Cl2N6O2/c1-27-10-11(26)9-24-5-7-25(8-6-24)17-21-16(20)15(22-23-17)12-3-2-4-13(18)14(12)19/h2-4,11,26H,5-10H2,1H3,(H2,20,21,23)/t11-/m1/s1. The van der Waals surface area contributed by atoms with Gasteiger partial charge in [-0.05, 0) is 6.07 Å². The van der Waals surface area contributed by atoms with Gasteiger partial charge in [0.2, 0.25) is 5.95 Å². The maximum Gasteiger partial charge on any atom is 0.247 e. The summed E-state index contributed by atoms with van der Waals surface area (Å²) in [7, 11) is 1.58. The number of benzene rings is 1. The van der Waals surface area contributed by atoms with Crippen molar-refractivity contribution < 1.29 is 9.84 Å². The molecule has 10 heteroatoms. The molecule has 0 saturated carbocycles. The highest BCUT2D eigenvalue weighted by Crippen LogP contribution is 2.34. The van der Waals surface area contributed by atoms with Crippen LogP contribution in [0.15, 0.2) is 18.2 Å². The Kier molecular flexibility index (Phi) is 6.67. The number of rotatable bonds is 6. The zero-order valence-corrected chi connectivity index (χ0v) is 16.5. The van der Waals surface area contributed by atoms with Gasteiger partial charge in [-0.1, -0.05) is 35.3 Å². The van der Waals surface area contributed by atoms with Crippen molar-refractivity contribution in [1.29, 1.82) is 0 Å². The van der Waals surface area contributed by atoms with E-state index in [9.17, 15) is 5.11 Å². The number of nitrogens with two attached hydrogens (primary N) is 1. The summed E-state index contributed by atoms with van der Waals surface area (Å²) in [5.74, 6) is 0.730. The van der Waals surface area contributed by atoms with Gasteiger partial charge in [-0.2, -0.15) is 4.98 Å². The fraction of sp³-hybridized carbons (Fsp3) is 0.471. The van der Waals surface area contributed by atoms with Crippen LogP contribution in [0.25, 0.3) is 11.3 Å². The van der Waals surface area contributed by atoms with Crippen LogP contribution in [0.2, 0.25) is 10.0 Å². The van der Waals surface area contributed by atoms with Crippen LogP contribution < -0.4 is 10.6 Å². The predicted molar refractivity (Wildman–Crippen MR) is 106 cm³/mol. The van der Waals surface area contributed by atoms with E-state index in [0.29, 0.717) is 40.4 Å². The third kappa shape index (κ3) is 4.77. The molecule has 27 heavy (non-hydrogen) atoms. The van der Waals surface area contributed by atoms with E-state index in [2.05, 4.69) is 20.1 Å². The maximum atomic E-state index is 9.85. The molecular formula is C17H22Cl2N6O2. The minimum Gasteiger partial charge on any atom is -0.389 e. The van der Waals surface area contributed by atoms with Gasteiger partial charge in [0.1, 0.15) is 5.69 Å². The van der Waals surface area contributed by atoms with Gasteiger partial charge in [0, 0.05) is 45.4 Å². The number of ether oxygens (including phenoxy) is 1. The summed E-state index contributed by atoms with van der Waals surface area (Å²) in [6, 6.07) is 5.25. The number of hydrogen-bond acceptors (Lipinski definition) is 8. The summed E-state index contributed by atoms with van der Waals surface area (Å²) >= 11 is 12.3. The van der Waals surface area contributed by atoms with Gasteiger partial charge in [0.25, 0.3) is 0 Å². The van der Waals surface area contributed by atoms with Gasteiger partial charge < -0.3 is 20.5 Å². The number of nitrogen functional groups attached to an aromatic ring is 1. The first-order chi connectivity index (χ1) is 13.0. The number of aliphatic hydroxyl groups is 1. The molecule has 0 unspecified atom stereocenters. The number of hydrogen-bond donors (Lipinski definition) is 2. The lowest BCUT2D eigenvalue weighted by atomic mass is 10.1. The fourth-order valence-corrected chi connectivity index (χ4v) is 3.41. The molecule has 0 radical (unpaired) electrons. The molecular weight excluding hydrogens is 391 g/mol. The van der Waals surface area contributed by atoms with Crippen molar-refractivity contribution in [1.82, 2.24) is 20.1 Å². The first-order valence-electron chi connectivity index (χ1n) is 8.58. The number of aliphatic hydroxyl groups excluding tert-OH is 1. The van der Waals surface area contributed by atoms with E-state index in [1.807, 2.05) is 4.90 Å². The van der Waals surface area contributed by atoms with E-state index in [4.69, 9.17) is 33.7 Å². The molecule has 146 valence electrons. The maximum absolute atomic E-state index is 9.85. The second-order valence-corrected chi connectivity index (χ2v) is 7.13. The summed E-state index contributed by atoms with van der Waals surface area (Å²) in [6.07, 6.45) is -0.489. The Balaban J connectivity index is 1.67. The highest BCUT2D eigenvalue weighted by Gasteiger charge is 2.22. The van der Waals surface area contributed by atoms with Gasteiger partial charge in [0.05, 0.1) is 22.8 Å². The first kappa shape index (κ1) is 20.0. The van der Waals surface area contributed by atoms with Crippen LogP contribution >= 0.6 is 23.2 Å². The molecule has 1 atom stereocenters. The third-order valence-electron chi connectivity index (χ3n) is 4.39. The van der Waals surface area contributed by atoms with Gasteiger partial charge in [-0.15, -0.1) is 10.2 Å². The second kappa shape index (κ2) is 8.99. The molecule has 0 aliphatic carbocycles. The van der Waals surface area contributed by atoms with Crippen LogP contribution in [0.5, 0.6) is 0 Å². The Hall–Kier alpha value is -1.71. The second-order valence-electron chi connectivity index (χ2n) is 6.34. The highest BCUT2D eigenvalue weighted by molar-refractivity contribution is 6.43. The van der Waals surface area contributed by atoms with Crippen molar-refractivity contribution in [2.75, 3.05) is 57.1 Å². The SMILES string of the molecule is COC[C@H](O)CN1CCN(c2nnc(-c3cccc(Cl)c3Cl)c(N)n2)CC1. The number of halogens is 2. The quantitative estimate of drug-likeness (QED) is 0.736. The van der Waals surface area contributed by atoms with Gasteiger partial charge in [0.15, 0.2) is 5.82 Å². The lowest BCUT2D eigenvalue weighted by molar-refractivity contribution is 0.0364. The minimum atomic E-state index is -0.489. The van der Waals surface area contributed by atoms with Gasteiger partial charge in [-0.3, -0.25) is 4.90 Å². The monoisotopic (exact) mass is 412 g/mol. The van der Waals surface area contributed by atoms with E-state index in [1.165, 1.54) is 0 Å². The van der Waals surface area contributed by atoms with Crippen LogP contribution in [-0.4, -0.2) is 77.7 Å². The summed E-state index contributed by atoms with van der Waals surface area (Å²) in [5, 5.41) is 19.1. The zero-order chi connectivity index (χ0) is 19.4. The zero-order valence-electron chi connectivity index (χ0n) is 15.0. The van der Waals surface area contributed by atoms with Crippen LogP contribution in [0, 0.1) is 0 Å². The molecule has 2 heterocycles. The van der Waals surface area contributed by atoms with Crippen molar-refractivity contribution in [3.05, 3.63) is 28.2 Å². The van der Waals surface area contributed by atoms with Crippen molar-refractivity contribution in [3.8, 4) is 11.3 Å². The molecule has 0 spiro atoms. The molecule has 1 aromatic heterocycles. The minimum absolute atomic E-state index is 0.252. The number of methoxy groups -OCH3 is 1. The number of nitrogens with zero attached hydrogens (tertiary/aromatic N) is 5. The van der Waals surface area contributed by atoms with Gasteiger partial charge in [-0.25, -0.2) is 0 Å².